The van der Waals surface area contributed by atoms with E-state index in [1.807, 2.05) is 13.8 Å². The van der Waals surface area contributed by atoms with Crippen molar-refractivity contribution in [3.05, 3.63) is 17.5 Å². The average Bonchev–Trinajstić information content (AvgIpc) is 2.65. The van der Waals surface area contributed by atoms with Crippen molar-refractivity contribution in [2.75, 3.05) is 6.54 Å². The van der Waals surface area contributed by atoms with Gasteiger partial charge in [-0.1, -0.05) is 0 Å². The molecule has 6 heteroatoms. The van der Waals surface area contributed by atoms with E-state index in [-0.39, 0.29) is 11.6 Å². The Kier molecular flexibility index (Phi) is 4.86. The molecular weight excluding hydrogens is 232 g/mol. The van der Waals surface area contributed by atoms with E-state index in [1.165, 1.54) is 6.20 Å². The first-order valence-corrected chi connectivity index (χ1v) is 5.82. The van der Waals surface area contributed by atoms with Crippen molar-refractivity contribution in [3.8, 4) is 6.07 Å². The molecule has 98 valence electrons. The van der Waals surface area contributed by atoms with Gasteiger partial charge in [0.05, 0.1) is 18.0 Å². The topological polar surface area (TPSA) is 82.2 Å². The Morgan fingerprint density at radius 2 is 2.33 bits per heavy atom. The van der Waals surface area contributed by atoms with Crippen LogP contribution in [-0.4, -0.2) is 38.3 Å². The van der Waals surface area contributed by atoms with Gasteiger partial charge < -0.3 is 5.11 Å². The molecule has 6 nitrogen and oxygen atoms in total. The summed E-state index contributed by atoms with van der Waals surface area (Å²) < 4.78 is 1.57. The number of nitriles is 1. The lowest BCUT2D eigenvalue weighted by molar-refractivity contribution is 0.0693. The summed E-state index contributed by atoms with van der Waals surface area (Å²) in [6.07, 6.45) is 1.79. The van der Waals surface area contributed by atoms with Crippen LogP contribution in [-0.2, 0) is 13.6 Å². The number of nitrogens with zero attached hydrogens (tertiary/aromatic N) is 4. The standard InChI is InChI=1S/C12H18N4O2/c1-9(2)16(6-4-5-13)8-11-10(12(17)18)7-14-15(11)3/h7,9H,4,6,8H2,1-3H3,(H,17,18). The smallest absolute Gasteiger partial charge is 0.339 e. The molecule has 1 N–H and O–H groups in total. The van der Waals surface area contributed by atoms with Gasteiger partial charge >= 0.3 is 5.97 Å². The Morgan fingerprint density at radius 1 is 1.67 bits per heavy atom. The summed E-state index contributed by atoms with van der Waals surface area (Å²) in [6.45, 7) is 5.15. The molecule has 1 aromatic heterocycles. The van der Waals surface area contributed by atoms with E-state index in [0.29, 0.717) is 25.2 Å². The summed E-state index contributed by atoms with van der Waals surface area (Å²) in [4.78, 5) is 13.1. The molecule has 0 aliphatic carbocycles. The van der Waals surface area contributed by atoms with Gasteiger partial charge in [0.25, 0.3) is 0 Å². The highest BCUT2D eigenvalue weighted by molar-refractivity contribution is 5.88. The van der Waals surface area contributed by atoms with Crippen molar-refractivity contribution in [3.63, 3.8) is 0 Å². The SMILES string of the molecule is CC(C)N(CCC#N)Cc1c(C(=O)O)cnn1C. The Bertz CT molecular complexity index is 459. The van der Waals surface area contributed by atoms with Gasteiger partial charge in [-0.15, -0.1) is 0 Å². The minimum Gasteiger partial charge on any atom is -0.478 e. The van der Waals surface area contributed by atoms with Crippen LogP contribution >= 0.6 is 0 Å². The maximum atomic E-state index is 11.1. The quantitative estimate of drug-likeness (QED) is 0.821. The van der Waals surface area contributed by atoms with Crippen molar-refractivity contribution in [2.45, 2.75) is 32.9 Å². The van der Waals surface area contributed by atoms with Crippen LogP contribution in [0.5, 0.6) is 0 Å². The third kappa shape index (κ3) is 3.31. The number of carboxylic acid groups (broad SMARTS) is 1. The molecule has 1 rings (SSSR count). The number of carbonyl (C=O) groups is 1. The summed E-state index contributed by atoms with van der Waals surface area (Å²) in [5.74, 6) is -0.970. The molecule has 0 unspecified atom stereocenters. The fourth-order valence-electron chi connectivity index (χ4n) is 1.73. The van der Waals surface area contributed by atoms with Crippen LogP contribution in [0.2, 0.25) is 0 Å². The Hall–Kier alpha value is -1.87. The average molecular weight is 250 g/mol. The molecule has 18 heavy (non-hydrogen) atoms. The van der Waals surface area contributed by atoms with E-state index in [2.05, 4.69) is 16.1 Å². The summed E-state index contributed by atoms with van der Waals surface area (Å²) in [5, 5.41) is 21.7. The highest BCUT2D eigenvalue weighted by Crippen LogP contribution is 2.13. The van der Waals surface area contributed by atoms with Crippen LogP contribution in [0, 0.1) is 11.3 Å². The zero-order valence-electron chi connectivity index (χ0n) is 10.9. The normalized spacial score (nSPS) is 10.9. The van der Waals surface area contributed by atoms with Crippen molar-refractivity contribution in [2.24, 2.45) is 7.05 Å². The van der Waals surface area contributed by atoms with Gasteiger partial charge in [-0.25, -0.2) is 4.79 Å². The van der Waals surface area contributed by atoms with Gasteiger partial charge in [-0.05, 0) is 13.8 Å². The zero-order valence-corrected chi connectivity index (χ0v) is 10.9. The van der Waals surface area contributed by atoms with Gasteiger partial charge in [0.1, 0.15) is 5.56 Å². The first-order chi connectivity index (χ1) is 8.47. The van der Waals surface area contributed by atoms with Crippen LogP contribution in [0.1, 0.15) is 36.3 Å². The molecule has 0 atom stereocenters. The van der Waals surface area contributed by atoms with Crippen LogP contribution in [0.25, 0.3) is 0 Å². The second-order valence-corrected chi connectivity index (χ2v) is 4.41. The number of rotatable bonds is 6. The maximum absolute atomic E-state index is 11.1. The molecular formula is C12H18N4O2. The lowest BCUT2D eigenvalue weighted by Gasteiger charge is -2.25. The molecule has 0 saturated heterocycles. The first kappa shape index (κ1) is 14.2. The molecule has 0 bridgehead atoms. The zero-order chi connectivity index (χ0) is 13.7. The highest BCUT2D eigenvalue weighted by Gasteiger charge is 2.19. The number of aromatic nitrogens is 2. The van der Waals surface area contributed by atoms with Gasteiger partial charge in [0.2, 0.25) is 0 Å². The number of aryl methyl sites for hydroxylation is 1. The number of carboxylic acids is 1. The van der Waals surface area contributed by atoms with Crippen molar-refractivity contribution in [1.29, 1.82) is 5.26 Å². The minimum absolute atomic E-state index is 0.222. The van der Waals surface area contributed by atoms with Gasteiger partial charge in [-0.2, -0.15) is 10.4 Å². The lowest BCUT2D eigenvalue weighted by Crippen LogP contribution is -2.32. The Labute approximate surface area is 106 Å². The Morgan fingerprint density at radius 3 is 2.83 bits per heavy atom. The van der Waals surface area contributed by atoms with Crippen molar-refractivity contribution < 1.29 is 9.90 Å². The molecule has 1 heterocycles. The minimum atomic E-state index is -0.970. The van der Waals surface area contributed by atoms with E-state index in [4.69, 9.17) is 10.4 Å². The number of hydrogen-bond acceptors (Lipinski definition) is 4. The predicted molar refractivity (Wildman–Crippen MR) is 65.9 cm³/mol. The van der Waals surface area contributed by atoms with Crippen LogP contribution < -0.4 is 0 Å². The van der Waals surface area contributed by atoms with Gasteiger partial charge in [0, 0.05) is 32.6 Å². The fourth-order valence-corrected chi connectivity index (χ4v) is 1.73. The van der Waals surface area contributed by atoms with Crippen molar-refractivity contribution >= 4 is 5.97 Å². The third-order valence-electron chi connectivity index (χ3n) is 2.89. The van der Waals surface area contributed by atoms with Crippen molar-refractivity contribution in [1.82, 2.24) is 14.7 Å². The van der Waals surface area contributed by atoms with Crippen LogP contribution in [0.15, 0.2) is 6.20 Å². The molecule has 0 radical (unpaired) electrons. The second kappa shape index (κ2) is 6.17. The van der Waals surface area contributed by atoms with Gasteiger partial charge in [-0.3, -0.25) is 9.58 Å². The summed E-state index contributed by atoms with van der Waals surface area (Å²) >= 11 is 0. The fraction of sp³-hybridized carbons (Fsp3) is 0.583. The largest absolute Gasteiger partial charge is 0.478 e. The van der Waals surface area contributed by atoms with E-state index in [9.17, 15) is 4.79 Å². The molecule has 1 aromatic rings. The second-order valence-electron chi connectivity index (χ2n) is 4.41. The first-order valence-electron chi connectivity index (χ1n) is 5.82. The molecule has 0 saturated carbocycles. The monoisotopic (exact) mass is 250 g/mol. The van der Waals surface area contributed by atoms with E-state index in [1.54, 1.807) is 11.7 Å². The maximum Gasteiger partial charge on any atom is 0.339 e. The number of hydrogen-bond donors (Lipinski definition) is 1. The predicted octanol–water partition coefficient (Wildman–Crippen LogP) is 1.24. The molecule has 0 amide bonds. The molecule has 0 fully saturated rings. The van der Waals surface area contributed by atoms with Gasteiger partial charge in [0.15, 0.2) is 0 Å². The number of aromatic carboxylic acids is 1. The van der Waals surface area contributed by atoms with E-state index in [0.717, 1.165) is 0 Å². The molecule has 0 aliphatic heterocycles. The van der Waals surface area contributed by atoms with Crippen LogP contribution in [0.4, 0.5) is 0 Å². The highest BCUT2D eigenvalue weighted by atomic mass is 16.4. The lowest BCUT2D eigenvalue weighted by atomic mass is 10.2. The van der Waals surface area contributed by atoms with E-state index >= 15 is 0 Å². The summed E-state index contributed by atoms with van der Waals surface area (Å²) in [6, 6.07) is 2.35. The molecule has 0 aliphatic rings. The summed E-state index contributed by atoms with van der Waals surface area (Å²) in [5.41, 5.74) is 0.884. The summed E-state index contributed by atoms with van der Waals surface area (Å²) in [7, 11) is 1.73. The van der Waals surface area contributed by atoms with Crippen LogP contribution in [0.3, 0.4) is 0 Å². The van der Waals surface area contributed by atoms with E-state index < -0.39 is 5.97 Å². The molecule has 0 spiro atoms. The molecule has 0 aromatic carbocycles. The third-order valence-corrected chi connectivity index (χ3v) is 2.89. The Balaban J connectivity index is 2.90.